The summed E-state index contributed by atoms with van der Waals surface area (Å²) in [5.41, 5.74) is 0.530. The molecule has 0 aliphatic rings. The summed E-state index contributed by atoms with van der Waals surface area (Å²) < 4.78 is 5.05. The molecule has 112 valence electrons. The molecular weight excluding hydrogens is 258 g/mol. The van der Waals surface area contributed by atoms with Crippen molar-refractivity contribution in [3.8, 4) is 0 Å². The molecule has 1 aromatic carbocycles. The van der Waals surface area contributed by atoms with E-state index in [1.807, 2.05) is 14.1 Å². The maximum atomic E-state index is 11.5. The van der Waals surface area contributed by atoms with Gasteiger partial charge in [0.2, 0.25) is 0 Å². The number of ether oxygens (including phenoxy) is 1. The Kier molecular flexibility index (Phi) is 9.04. The fraction of sp³-hybridized carbons (Fsp3) is 0.467. The number of nitrogens with one attached hydrogen (secondary N) is 1. The van der Waals surface area contributed by atoms with Crippen LogP contribution in [0.25, 0.3) is 0 Å². The molecule has 0 radical (unpaired) electrons. The Bertz CT molecular complexity index is 412. The summed E-state index contributed by atoms with van der Waals surface area (Å²) in [7, 11) is 3.75. The van der Waals surface area contributed by atoms with Crippen LogP contribution >= 0.6 is 0 Å². The summed E-state index contributed by atoms with van der Waals surface area (Å²) in [5, 5.41) is 11.5. The van der Waals surface area contributed by atoms with Gasteiger partial charge in [0.1, 0.15) is 0 Å². The van der Waals surface area contributed by atoms with E-state index in [9.17, 15) is 9.59 Å². The minimum Gasteiger partial charge on any atom is -0.478 e. The van der Waals surface area contributed by atoms with Crippen molar-refractivity contribution in [1.29, 1.82) is 0 Å². The third-order valence-electron chi connectivity index (χ3n) is 2.30. The van der Waals surface area contributed by atoms with Crippen LogP contribution in [0, 0.1) is 5.92 Å². The second kappa shape index (κ2) is 9.97. The summed E-state index contributed by atoms with van der Waals surface area (Å²) in [4.78, 5) is 22.2. The number of carboxylic acids is 1. The molecule has 0 bridgehead atoms. The first kappa shape index (κ1) is 18.1. The topological polar surface area (TPSA) is 75.6 Å². The van der Waals surface area contributed by atoms with Crippen LogP contribution in [0.4, 0.5) is 0 Å². The van der Waals surface area contributed by atoms with Crippen LogP contribution in [0.5, 0.6) is 0 Å². The number of carbonyl (C=O) groups is 2. The van der Waals surface area contributed by atoms with E-state index in [0.717, 1.165) is 6.42 Å². The van der Waals surface area contributed by atoms with Gasteiger partial charge in [-0.05, 0) is 50.7 Å². The SMILES string of the molecule is CC(C)CCOC(=O)c1ccc(C(=O)O)cc1.CNC. The Balaban J connectivity index is 0.00000110. The standard InChI is InChI=1S/C13H16O4.C2H7N/c1-9(2)7-8-17-13(16)11-5-3-10(4-6-11)12(14)15;1-3-2/h3-6,9H,7-8H2,1-2H3,(H,14,15);3H,1-2H3. The van der Waals surface area contributed by atoms with E-state index in [-0.39, 0.29) is 5.56 Å². The molecule has 0 aromatic heterocycles. The highest BCUT2D eigenvalue weighted by molar-refractivity contribution is 5.92. The fourth-order valence-electron chi connectivity index (χ4n) is 1.22. The molecule has 2 N–H and O–H groups in total. The number of carboxylic acid groups (broad SMARTS) is 1. The highest BCUT2D eigenvalue weighted by atomic mass is 16.5. The van der Waals surface area contributed by atoms with Crippen molar-refractivity contribution in [3.05, 3.63) is 35.4 Å². The molecule has 5 nitrogen and oxygen atoms in total. The first-order valence-corrected chi connectivity index (χ1v) is 6.51. The largest absolute Gasteiger partial charge is 0.478 e. The van der Waals surface area contributed by atoms with Gasteiger partial charge < -0.3 is 15.2 Å². The summed E-state index contributed by atoms with van der Waals surface area (Å²) in [6.07, 6.45) is 0.818. The van der Waals surface area contributed by atoms with Gasteiger partial charge in [0, 0.05) is 0 Å². The minimum absolute atomic E-state index is 0.156. The zero-order valence-corrected chi connectivity index (χ0v) is 12.5. The van der Waals surface area contributed by atoms with E-state index in [1.54, 1.807) is 0 Å². The predicted molar refractivity (Wildman–Crippen MR) is 78.1 cm³/mol. The number of aromatic carboxylic acids is 1. The number of esters is 1. The molecule has 0 fully saturated rings. The first-order valence-electron chi connectivity index (χ1n) is 6.51. The van der Waals surface area contributed by atoms with Gasteiger partial charge in [-0.1, -0.05) is 13.8 Å². The molecular formula is C15H23NO4. The summed E-state index contributed by atoms with van der Waals surface area (Å²) >= 11 is 0. The number of hydrogen-bond acceptors (Lipinski definition) is 4. The zero-order valence-electron chi connectivity index (χ0n) is 12.5. The Labute approximate surface area is 120 Å². The van der Waals surface area contributed by atoms with Crippen molar-refractivity contribution in [2.45, 2.75) is 20.3 Å². The molecule has 0 aliphatic heterocycles. The van der Waals surface area contributed by atoms with Gasteiger partial charge in [-0.3, -0.25) is 0 Å². The number of rotatable bonds is 5. The van der Waals surface area contributed by atoms with Crippen molar-refractivity contribution in [2.24, 2.45) is 5.92 Å². The lowest BCUT2D eigenvalue weighted by molar-refractivity contribution is 0.0487. The summed E-state index contributed by atoms with van der Waals surface area (Å²) in [5.74, 6) is -0.940. The molecule has 0 unspecified atom stereocenters. The van der Waals surface area contributed by atoms with E-state index < -0.39 is 11.9 Å². The molecule has 5 heteroatoms. The third kappa shape index (κ3) is 7.53. The smallest absolute Gasteiger partial charge is 0.338 e. The molecule has 0 saturated carbocycles. The Hall–Kier alpha value is -1.88. The molecule has 1 aromatic rings. The lowest BCUT2D eigenvalue weighted by atomic mass is 10.1. The van der Waals surface area contributed by atoms with Crippen LogP contribution in [0.15, 0.2) is 24.3 Å². The molecule has 20 heavy (non-hydrogen) atoms. The quantitative estimate of drug-likeness (QED) is 0.811. The monoisotopic (exact) mass is 281 g/mol. The van der Waals surface area contributed by atoms with E-state index in [4.69, 9.17) is 9.84 Å². The summed E-state index contributed by atoms with van der Waals surface area (Å²) in [6.45, 7) is 4.49. The second-order valence-electron chi connectivity index (χ2n) is 4.70. The lowest BCUT2D eigenvalue weighted by Crippen LogP contribution is -2.08. The van der Waals surface area contributed by atoms with Crippen molar-refractivity contribution in [1.82, 2.24) is 5.32 Å². The zero-order chi connectivity index (χ0) is 15.5. The molecule has 0 amide bonds. The normalized spacial score (nSPS) is 9.65. The van der Waals surface area contributed by atoms with Crippen LogP contribution in [0.3, 0.4) is 0 Å². The predicted octanol–water partition coefficient (Wildman–Crippen LogP) is 2.42. The third-order valence-corrected chi connectivity index (χ3v) is 2.30. The average Bonchev–Trinajstić information content (AvgIpc) is 2.39. The van der Waals surface area contributed by atoms with Crippen LogP contribution < -0.4 is 5.32 Å². The molecule has 1 rings (SSSR count). The number of hydrogen-bond donors (Lipinski definition) is 2. The highest BCUT2D eigenvalue weighted by Gasteiger charge is 2.09. The van der Waals surface area contributed by atoms with Gasteiger partial charge in [-0.2, -0.15) is 0 Å². The van der Waals surface area contributed by atoms with Crippen LogP contribution in [-0.2, 0) is 4.74 Å². The van der Waals surface area contributed by atoms with E-state index in [1.165, 1.54) is 24.3 Å². The van der Waals surface area contributed by atoms with Crippen molar-refractivity contribution in [2.75, 3.05) is 20.7 Å². The van der Waals surface area contributed by atoms with Crippen LogP contribution in [-0.4, -0.2) is 37.7 Å². The minimum atomic E-state index is -1.01. The maximum absolute atomic E-state index is 11.5. The lowest BCUT2D eigenvalue weighted by Gasteiger charge is -2.06. The molecule has 0 aliphatic carbocycles. The van der Waals surface area contributed by atoms with Gasteiger partial charge in [0.25, 0.3) is 0 Å². The first-order chi connectivity index (χ1) is 9.42. The maximum Gasteiger partial charge on any atom is 0.338 e. The molecule has 0 atom stereocenters. The van der Waals surface area contributed by atoms with Crippen LogP contribution in [0.1, 0.15) is 41.0 Å². The molecule has 0 saturated heterocycles. The second-order valence-corrected chi connectivity index (χ2v) is 4.70. The average molecular weight is 281 g/mol. The molecule has 0 spiro atoms. The number of carbonyl (C=O) groups excluding carboxylic acids is 1. The van der Waals surface area contributed by atoms with Gasteiger partial charge in [-0.15, -0.1) is 0 Å². The Morgan fingerprint density at radius 2 is 1.60 bits per heavy atom. The van der Waals surface area contributed by atoms with Gasteiger partial charge >= 0.3 is 11.9 Å². The van der Waals surface area contributed by atoms with E-state index in [0.29, 0.717) is 18.1 Å². The fourth-order valence-corrected chi connectivity index (χ4v) is 1.22. The van der Waals surface area contributed by atoms with E-state index in [2.05, 4.69) is 19.2 Å². The van der Waals surface area contributed by atoms with Crippen LogP contribution in [0.2, 0.25) is 0 Å². The van der Waals surface area contributed by atoms with Crippen molar-refractivity contribution < 1.29 is 19.4 Å². The highest BCUT2D eigenvalue weighted by Crippen LogP contribution is 2.07. The van der Waals surface area contributed by atoms with E-state index >= 15 is 0 Å². The van der Waals surface area contributed by atoms with Crippen molar-refractivity contribution >= 4 is 11.9 Å². The molecule has 0 heterocycles. The van der Waals surface area contributed by atoms with Gasteiger partial charge in [0.05, 0.1) is 17.7 Å². The van der Waals surface area contributed by atoms with Crippen molar-refractivity contribution in [3.63, 3.8) is 0 Å². The summed E-state index contributed by atoms with van der Waals surface area (Å²) in [6, 6.07) is 5.70. The Morgan fingerprint density at radius 1 is 1.15 bits per heavy atom. The van der Waals surface area contributed by atoms with Gasteiger partial charge in [-0.25, -0.2) is 9.59 Å². The van der Waals surface area contributed by atoms with Gasteiger partial charge in [0.15, 0.2) is 0 Å². The number of benzene rings is 1. The Morgan fingerprint density at radius 3 is 2.00 bits per heavy atom.